The number of fused-ring (bicyclic) bond motifs is 1. The molecule has 1 fully saturated rings. The molecule has 9 nitrogen and oxygen atoms in total. The topological polar surface area (TPSA) is 114 Å². The zero-order chi connectivity index (χ0) is 22.3. The number of carbonyl (C=O) groups is 4. The Morgan fingerprint density at radius 1 is 1.19 bits per heavy atom. The average Bonchev–Trinajstić information content (AvgIpc) is 3.25. The van der Waals surface area contributed by atoms with Crippen molar-refractivity contribution in [2.45, 2.75) is 19.4 Å². The number of hydrogen-bond acceptors (Lipinski definition) is 6. The number of halogens is 1. The number of urea groups is 1. The molecule has 0 aliphatic carbocycles. The monoisotopic (exact) mass is 443 g/mol. The number of amides is 4. The van der Waals surface area contributed by atoms with Crippen LogP contribution in [0.25, 0.3) is 0 Å². The van der Waals surface area contributed by atoms with Gasteiger partial charge in [-0.3, -0.25) is 19.3 Å². The van der Waals surface area contributed by atoms with E-state index in [0.717, 1.165) is 4.90 Å². The first-order valence-corrected chi connectivity index (χ1v) is 9.72. The van der Waals surface area contributed by atoms with Crippen LogP contribution >= 0.6 is 11.6 Å². The summed E-state index contributed by atoms with van der Waals surface area (Å²) in [4.78, 5) is 50.9. The number of rotatable bonds is 5. The summed E-state index contributed by atoms with van der Waals surface area (Å²) >= 11 is 6.21. The lowest BCUT2D eigenvalue weighted by Gasteiger charge is -2.23. The van der Waals surface area contributed by atoms with Gasteiger partial charge in [0.25, 0.3) is 5.91 Å². The van der Waals surface area contributed by atoms with Crippen LogP contribution in [0.4, 0.5) is 10.5 Å². The quantitative estimate of drug-likeness (QED) is 0.542. The van der Waals surface area contributed by atoms with Crippen LogP contribution in [-0.2, 0) is 15.1 Å². The Bertz CT molecular complexity index is 1130. The fraction of sp³-hybridized carbons (Fsp3) is 0.238. The molecule has 2 heterocycles. The zero-order valence-corrected chi connectivity index (χ0v) is 17.4. The fourth-order valence-electron chi connectivity index (χ4n) is 3.56. The van der Waals surface area contributed by atoms with Gasteiger partial charge in [-0.25, -0.2) is 4.79 Å². The van der Waals surface area contributed by atoms with Gasteiger partial charge in [0.2, 0.25) is 12.7 Å². The van der Waals surface area contributed by atoms with E-state index in [1.54, 1.807) is 24.3 Å². The third kappa shape index (κ3) is 3.57. The van der Waals surface area contributed by atoms with Gasteiger partial charge in [-0.05, 0) is 26.0 Å². The van der Waals surface area contributed by atoms with Crippen LogP contribution in [-0.4, -0.2) is 41.9 Å². The maximum Gasteiger partial charge on any atom is 0.325 e. The number of imide groups is 1. The normalized spacial score (nSPS) is 19.4. The van der Waals surface area contributed by atoms with Crippen LogP contribution in [0.3, 0.4) is 0 Å². The summed E-state index contributed by atoms with van der Waals surface area (Å²) in [5, 5.41) is 5.49. The van der Waals surface area contributed by atoms with Crippen LogP contribution in [0.5, 0.6) is 11.5 Å². The number of carbonyl (C=O) groups excluding carboxylic acids is 4. The number of ether oxygens (including phenoxy) is 2. The van der Waals surface area contributed by atoms with Crippen molar-refractivity contribution in [2.75, 3.05) is 18.7 Å². The molecule has 2 N–H and O–H groups in total. The van der Waals surface area contributed by atoms with Gasteiger partial charge in [-0.1, -0.05) is 29.8 Å². The van der Waals surface area contributed by atoms with Crippen molar-refractivity contribution in [2.24, 2.45) is 0 Å². The van der Waals surface area contributed by atoms with E-state index in [1.165, 1.54) is 26.0 Å². The summed E-state index contributed by atoms with van der Waals surface area (Å²) < 4.78 is 10.5. The van der Waals surface area contributed by atoms with Crippen LogP contribution < -0.4 is 20.1 Å². The Morgan fingerprint density at radius 2 is 1.87 bits per heavy atom. The highest BCUT2D eigenvalue weighted by molar-refractivity contribution is 6.32. The molecule has 0 radical (unpaired) electrons. The van der Waals surface area contributed by atoms with E-state index in [2.05, 4.69) is 10.6 Å². The summed E-state index contributed by atoms with van der Waals surface area (Å²) in [7, 11) is 0. The highest BCUT2D eigenvalue weighted by atomic mass is 35.5. The number of nitrogens with zero attached hydrogens (tertiary/aromatic N) is 1. The summed E-state index contributed by atoms with van der Waals surface area (Å²) in [5.74, 6) is -0.796. The number of ketones is 1. The Morgan fingerprint density at radius 3 is 2.55 bits per heavy atom. The molecule has 0 aromatic heterocycles. The van der Waals surface area contributed by atoms with E-state index in [1.807, 2.05) is 0 Å². The molecular formula is C21H18ClN3O6. The van der Waals surface area contributed by atoms with E-state index in [0.29, 0.717) is 22.1 Å². The van der Waals surface area contributed by atoms with E-state index < -0.39 is 29.9 Å². The van der Waals surface area contributed by atoms with E-state index in [9.17, 15) is 19.2 Å². The molecule has 10 heteroatoms. The largest absolute Gasteiger partial charge is 0.454 e. The molecule has 0 saturated carbocycles. The summed E-state index contributed by atoms with van der Waals surface area (Å²) in [6, 6.07) is 8.87. The molecule has 2 aromatic carbocycles. The summed E-state index contributed by atoms with van der Waals surface area (Å²) in [6.45, 7) is 2.33. The lowest BCUT2D eigenvalue weighted by Crippen LogP contribution is -2.42. The first-order valence-electron chi connectivity index (χ1n) is 9.34. The first kappa shape index (κ1) is 20.7. The number of hydrogen-bond donors (Lipinski definition) is 2. The van der Waals surface area contributed by atoms with Crippen LogP contribution in [0.15, 0.2) is 36.4 Å². The zero-order valence-electron chi connectivity index (χ0n) is 16.7. The van der Waals surface area contributed by atoms with Gasteiger partial charge in [0, 0.05) is 22.2 Å². The maximum absolute atomic E-state index is 13.0. The molecule has 2 aromatic rings. The molecule has 0 bridgehead atoms. The van der Waals surface area contributed by atoms with Crippen molar-refractivity contribution < 1.29 is 28.7 Å². The molecule has 31 heavy (non-hydrogen) atoms. The highest BCUT2D eigenvalue weighted by Crippen LogP contribution is 2.37. The summed E-state index contributed by atoms with van der Waals surface area (Å²) in [6.07, 6.45) is 0. The maximum atomic E-state index is 13.0. The minimum atomic E-state index is -1.40. The van der Waals surface area contributed by atoms with Gasteiger partial charge < -0.3 is 20.1 Å². The van der Waals surface area contributed by atoms with Crippen molar-refractivity contribution in [1.29, 1.82) is 0 Å². The lowest BCUT2D eigenvalue weighted by molar-refractivity contribution is -0.133. The van der Waals surface area contributed by atoms with E-state index in [-0.39, 0.29) is 23.8 Å². The second-order valence-electron chi connectivity index (χ2n) is 7.28. The average molecular weight is 444 g/mol. The molecule has 4 rings (SSSR count). The molecular weight excluding hydrogens is 426 g/mol. The first-order chi connectivity index (χ1) is 14.7. The Labute approximate surface area is 182 Å². The number of benzene rings is 2. The number of Topliss-reactive ketones (excluding diaryl/α,β-unsaturated/α-hetero) is 1. The molecule has 2 aliphatic heterocycles. The second-order valence-corrected chi connectivity index (χ2v) is 7.69. The van der Waals surface area contributed by atoms with Gasteiger partial charge in [0.05, 0.1) is 5.69 Å². The molecule has 1 saturated heterocycles. The number of anilines is 1. The van der Waals surface area contributed by atoms with Gasteiger partial charge in [0.15, 0.2) is 17.3 Å². The minimum absolute atomic E-state index is 0.00710. The minimum Gasteiger partial charge on any atom is -0.454 e. The van der Waals surface area contributed by atoms with Gasteiger partial charge >= 0.3 is 6.03 Å². The van der Waals surface area contributed by atoms with Gasteiger partial charge in [-0.15, -0.1) is 0 Å². The standard InChI is InChI=1S/C21H18ClN3O6/c1-11(26)12-7-16-17(31-10-30-16)8-15(12)23-18(27)9-25-19(28)21(2,24-20(25)29)13-5-3-4-6-14(13)22/h3-8H,9-10H2,1-2H3,(H,23,27)(H,24,29)/t21-/m1/s1. The molecule has 0 spiro atoms. The predicted molar refractivity (Wildman–Crippen MR) is 110 cm³/mol. The molecule has 2 aliphatic rings. The van der Waals surface area contributed by atoms with Crippen molar-refractivity contribution in [3.63, 3.8) is 0 Å². The highest BCUT2D eigenvalue weighted by Gasteiger charge is 2.50. The fourth-order valence-corrected chi connectivity index (χ4v) is 3.88. The predicted octanol–water partition coefficient (Wildman–Crippen LogP) is 2.68. The van der Waals surface area contributed by atoms with Crippen molar-refractivity contribution in [3.05, 3.63) is 52.5 Å². The lowest BCUT2D eigenvalue weighted by atomic mass is 9.92. The molecule has 4 amide bonds. The van der Waals surface area contributed by atoms with E-state index in [4.69, 9.17) is 21.1 Å². The molecule has 0 unspecified atom stereocenters. The van der Waals surface area contributed by atoms with Crippen LogP contribution in [0.1, 0.15) is 29.8 Å². The van der Waals surface area contributed by atoms with Crippen LogP contribution in [0.2, 0.25) is 5.02 Å². The third-order valence-electron chi connectivity index (χ3n) is 5.16. The van der Waals surface area contributed by atoms with E-state index >= 15 is 0 Å². The van der Waals surface area contributed by atoms with Crippen molar-refractivity contribution in [1.82, 2.24) is 10.2 Å². The van der Waals surface area contributed by atoms with Crippen molar-refractivity contribution in [3.8, 4) is 11.5 Å². The van der Waals surface area contributed by atoms with Gasteiger partial charge in [-0.2, -0.15) is 0 Å². The molecule has 1 atom stereocenters. The third-order valence-corrected chi connectivity index (χ3v) is 5.48. The smallest absolute Gasteiger partial charge is 0.325 e. The summed E-state index contributed by atoms with van der Waals surface area (Å²) in [5.41, 5.74) is -0.565. The Kier molecular flexibility index (Phi) is 5.06. The van der Waals surface area contributed by atoms with Crippen molar-refractivity contribution >= 4 is 40.9 Å². The number of nitrogens with one attached hydrogen (secondary N) is 2. The van der Waals surface area contributed by atoms with Crippen LogP contribution in [0, 0.1) is 0 Å². The second kappa shape index (κ2) is 7.59. The SMILES string of the molecule is CC(=O)c1cc2c(cc1NC(=O)CN1C(=O)N[C@](C)(c3ccccc3Cl)C1=O)OCO2. The van der Waals surface area contributed by atoms with Gasteiger partial charge in [0.1, 0.15) is 12.1 Å². The Hall–Kier alpha value is -3.59. The Balaban J connectivity index is 1.55. The molecule has 160 valence electrons.